The van der Waals surface area contributed by atoms with Crippen LogP contribution in [0.4, 0.5) is 0 Å². The van der Waals surface area contributed by atoms with Gasteiger partial charge in [0.25, 0.3) is 5.56 Å². The van der Waals surface area contributed by atoms with Gasteiger partial charge in [-0.05, 0) is 29.7 Å². The number of pyridine rings is 1. The fraction of sp³-hybridized carbons (Fsp3) is 0.312. The molecular weight excluding hydrogens is 316 g/mol. The highest BCUT2D eigenvalue weighted by Crippen LogP contribution is 2.25. The Morgan fingerprint density at radius 1 is 1.26 bits per heavy atom. The highest BCUT2D eigenvalue weighted by molar-refractivity contribution is 7.89. The van der Waals surface area contributed by atoms with E-state index in [4.69, 9.17) is 4.74 Å². The van der Waals surface area contributed by atoms with Gasteiger partial charge in [-0.1, -0.05) is 18.2 Å². The lowest BCUT2D eigenvalue weighted by molar-refractivity contribution is 0.182. The highest BCUT2D eigenvalue weighted by Gasteiger charge is 2.30. The number of aromatic nitrogens is 1. The molecule has 0 saturated heterocycles. The van der Waals surface area contributed by atoms with Crippen molar-refractivity contribution in [1.82, 2.24) is 9.29 Å². The van der Waals surface area contributed by atoms with Crippen molar-refractivity contribution in [1.29, 1.82) is 0 Å². The molecule has 122 valence electrons. The third kappa shape index (κ3) is 2.95. The summed E-state index contributed by atoms with van der Waals surface area (Å²) in [7, 11) is -2.15. The molecule has 3 rings (SSSR count). The normalized spacial score (nSPS) is 15.3. The number of ether oxygens (including phenoxy) is 1. The molecule has 2 heterocycles. The fourth-order valence-electron chi connectivity index (χ4n) is 2.83. The molecule has 0 amide bonds. The Hall–Kier alpha value is -1.96. The zero-order chi connectivity index (χ0) is 16.4. The smallest absolute Gasteiger partial charge is 0.252 e. The molecule has 23 heavy (non-hydrogen) atoms. The van der Waals surface area contributed by atoms with E-state index in [9.17, 15) is 13.2 Å². The molecule has 2 aromatic rings. The number of hydrogen-bond donors (Lipinski definition) is 1. The number of H-pyrrole nitrogens is 1. The maximum Gasteiger partial charge on any atom is 0.252 e. The molecule has 1 aliphatic heterocycles. The molecule has 0 aliphatic carbocycles. The molecular formula is C16H18N2O4S. The van der Waals surface area contributed by atoms with Gasteiger partial charge in [-0.3, -0.25) is 4.79 Å². The summed E-state index contributed by atoms with van der Waals surface area (Å²) in [4.78, 5) is 14.8. The molecule has 1 aliphatic rings. The van der Waals surface area contributed by atoms with Crippen molar-refractivity contribution >= 4 is 10.0 Å². The molecule has 0 spiro atoms. The van der Waals surface area contributed by atoms with Crippen molar-refractivity contribution in [2.75, 3.05) is 13.7 Å². The van der Waals surface area contributed by atoms with Gasteiger partial charge in [0, 0.05) is 32.0 Å². The predicted octanol–water partition coefficient (Wildman–Crippen LogP) is 1.27. The van der Waals surface area contributed by atoms with E-state index in [2.05, 4.69) is 4.98 Å². The van der Waals surface area contributed by atoms with Gasteiger partial charge < -0.3 is 9.72 Å². The van der Waals surface area contributed by atoms with E-state index in [0.717, 1.165) is 5.56 Å². The van der Waals surface area contributed by atoms with Crippen LogP contribution in [0, 0.1) is 0 Å². The van der Waals surface area contributed by atoms with Crippen LogP contribution in [0.1, 0.15) is 16.7 Å². The zero-order valence-corrected chi connectivity index (χ0v) is 13.6. The van der Waals surface area contributed by atoms with Crippen LogP contribution in [-0.4, -0.2) is 31.4 Å². The summed E-state index contributed by atoms with van der Waals surface area (Å²) in [5.41, 5.74) is 1.81. The monoisotopic (exact) mass is 334 g/mol. The number of benzene rings is 1. The van der Waals surface area contributed by atoms with Crippen LogP contribution in [0.15, 0.2) is 46.2 Å². The van der Waals surface area contributed by atoms with Gasteiger partial charge in [-0.25, -0.2) is 8.42 Å². The van der Waals surface area contributed by atoms with Crippen LogP contribution in [0.3, 0.4) is 0 Å². The van der Waals surface area contributed by atoms with E-state index >= 15 is 0 Å². The van der Waals surface area contributed by atoms with Crippen molar-refractivity contribution in [3.05, 3.63) is 63.6 Å². The lowest BCUT2D eigenvalue weighted by Crippen LogP contribution is -2.39. The molecule has 6 nitrogen and oxygen atoms in total. The highest BCUT2D eigenvalue weighted by atomic mass is 32.2. The summed E-state index contributed by atoms with van der Waals surface area (Å²) >= 11 is 0. The van der Waals surface area contributed by atoms with Gasteiger partial charge in [0.15, 0.2) is 0 Å². The predicted molar refractivity (Wildman–Crippen MR) is 85.5 cm³/mol. The lowest BCUT2D eigenvalue weighted by Gasteiger charge is -2.28. The quantitative estimate of drug-likeness (QED) is 0.913. The van der Waals surface area contributed by atoms with E-state index in [1.165, 1.54) is 11.4 Å². The van der Waals surface area contributed by atoms with Crippen molar-refractivity contribution in [3.8, 4) is 0 Å². The van der Waals surface area contributed by atoms with Gasteiger partial charge in [0.1, 0.15) is 0 Å². The van der Waals surface area contributed by atoms with E-state index in [0.29, 0.717) is 24.1 Å². The van der Waals surface area contributed by atoms with E-state index in [-0.39, 0.29) is 23.6 Å². The third-order valence-corrected chi connectivity index (χ3v) is 5.96. The first-order chi connectivity index (χ1) is 11.0. The van der Waals surface area contributed by atoms with Crippen molar-refractivity contribution < 1.29 is 13.2 Å². The van der Waals surface area contributed by atoms with Crippen LogP contribution in [0.5, 0.6) is 0 Å². The number of nitrogens with zero attached hydrogens (tertiary/aromatic N) is 1. The Morgan fingerprint density at radius 2 is 2.04 bits per heavy atom. The number of fused-ring (bicyclic) bond motifs is 1. The Balaban J connectivity index is 1.99. The number of rotatable bonds is 4. The summed E-state index contributed by atoms with van der Waals surface area (Å²) in [6.45, 7) is 0.676. The molecule has 1 aromatic carbocycles. The number of aromatic amines is 1. The molecule has 0 radical (unpaired) electrons. The van der Waals surface area contributed by atoms with Crippen molar-refractivity contribution in [3.63, 3.8) is 0 Å². The Bertz CT molecular complexity index is 874. The first-order valence-corrected chi connectivity index (χ1v) is 8.74. The van der Waals surface area contributed by atoms with Crippen molar-refractivity contribution in [2.24, 2.45) is 0 Å². The number of sulfonamides is 1. The first kappa shape index (κ1) is 15.9. The second-order valence-electron chi connectivity index (χ2n) is 5.44. The lowest BCUT2D eigenvalue weighted by atomic mass is 10.0. The van der Waals surface area contributed by atoms with E-state index in [1.807, 2.05) is 6.07 Å². The average Bonchev–Trinajstić information content (AvgIpc) is 2.55. The first-order valence-electron chi connectivity index (χ1n) is 7.30. The van der Waals surface area contributed by atoms with E-state index in [1.54, 1.807) is 30.5 Å². The molecule has 0 fully saturated rings. The van der Waals surface area contributed by atoms with Gasteiger partial charge >= 0.3 is 0 Å². The standard InChI is InChI=1S/C16H18N2O4S/c1-22-11-13-4-2-3-5-15(13)23(20,21)18-9-7-12-6-8-17-16(19)14(12)10-18/h2-6,8H,7,9-11H2,1H3,(H,17,19). The molecule has 0 bridgehead atoms. The Kier molecular flexibility index (Phi) is 4.34. The van der Waals surface area contributed by atoms with Gasteiger partial charge in [-0.2, -0.15) is 4.31 Å². The summed E-state index contributed by atoms with van der Waals surface area (Å²) in [5, 5.41) is 0. The van der Waals surface area contributed by atoms with Crippen molar-refractivity contribution in [2.45, 2.75) is 24.5 Å². The Morgan fingerprint density at radius 3 is 2.83 bits per heavy atom. The fourth-order valence-corrected chi connectivity index (χ4v) is 4.45. The van der Waals surface area contributed by atoms with Gasteiger partial charge in [0.2, 0.25) is 10.0 Å². The minimum atomic E-state index is -3.67. The summed E-state index contributed by atoms with van der Waals surface area (Å²) in [6, 6.07) is 8.62. The largest absolute Gasteiger partial charge is 0.380 e. The minimum absolute atomic E-state index is 0.0924. The molecule has 7 heteroatoms. The molecule has 0 unspecified atom stereocenters. The third-order valence-electron chi connectivity index (χ3n) is 4.02. The molecule has 1 aromatic heterocycles. The second-order valence-corrected chi connectivity index (χ2v) is 7.35. The minimum Gasteiger partial charge on any atom is -0.380 e. The van der Waals surface area contributed by atoms with Crippen LogP contribution >= 0.6 is 0 Å². The van der Waals surface area contributed by atoms with Crippen LogP contribution < -0.4 is 5.56 Å². The summed E-state index contributed by atoms with van der Waals surface area (Å²) in [5.74, 6) is 0. The number of methoxy groups -OCH3 is 1. The van der Waals surface area contributed by atoms with Crippen LogP contribution in [0.2, 0.25) is 0 Å². The Labute approximate surface area is 134 Å². The maximum absolute atomic E-state index is 13.0. The molecule has 0 saturated carbocycles. The van der Waals surface area contributed by atoms with Crippen LogP contribution in [-0.2, 0) is 34.3 Å². The van der Waals surface area contributed by atoms with Gasteiger partial charge in [0.05, 0.1) is 11.5 Å². The maximum atomic E-state index is 13.0. The van der Waals surface area contributed by atoms with Crippen LogP contribution in [0.25, 0.3) is 0 Å². The topological polar surface area (TPSA) is 79.5 Å². The SMILES string of the molecule is COCc1ccccc1S(=O)(=O)N1CCc2cc[nH]c(=O)c2C1. The molecule has 1 N–H and O–H groups in total. The molecule has 0 atom stereocenters. The number of hydrogen-bond acceptors (Lipinski definition) is 4. The number of nitrogens with one attached hydrogen (secondary N) is 1. The zero-order valence-electron chi connectivity index (χ0n) is 12.8. The van der Waals surface area contributed by atoms with Gasteiger partial charge in [-0.15, -0.1) is 0 Å². The summed E-state index contributed by atoms with van der Waals surface area (Å²) in [6.07, 6.45) is 2.13. The second kappa shape index (κ2) is 6.27. The summed E-state index contributed by atoms with van der Waals surface area (Å²) < 4.78 is 32.4. The van der Waals surface area contributed by atoms with E-state index < -0.39 is 10.0 Å². The average molecular weight is 334 g/mol.